The van der Waals surface area contributed by atoms with E-state index in [9.17, 15) is 18.0 Å². The summed E-state index contributed by atoms with van der Waals surface area (Å²) in [4.78, 5) is 16.3. The van der Waals surface area contributed by atoms with Crippen LogP contribution in [0.5, 0.6) is 11.5 Å². The van der Waals surface area contributed by atoms with Gasteiger partial charge in [-0.1, -0.05) is 70.0 Å². The maximum Gasteiger partial charge on any atom is 0.416 e. The molecule has 1 amide bonds. The number of rotatable bonds is 15. The van der Waals surface area contributed by atoms with Crippen molar-refractivity contribution in [1.29, 1.82) is 0 Å². The number of aryl methyl sites for hydroxylation is 1. The molecule has 1 unspecified atom stereocenters. The van der Waals surface area contributed by atoms with Crippen LogP contribution in [-0.4, -0.2) is 29.1 Å². The molecule has 0 bridgehead atoms. The van der Waals surface area contributed by atoms with Gasteiger partial charge in [0, 0.05) is 18.0 Å². The first-order valence-corrected chi connectivity index (χ1v) is 14.4. The van der Waals surface area contributed by atoms with Crippen LogP contribution in [-0.2, 0) is 11.0 Å². The Morgan fingerprint density at radius 1 is 0.973 bits per heavy atom. The molecule has 2 rings (SSSR count). The summed E-state index contributed by atoms with van der Waals surface area (Å²) in [6, 6.07) is 8.45. The predicted octanol–water partition coefficient (Wildman–Crippen LogP) is 9.93. The van der Waals surface area contributed by atoms with Crippen LogP contribution in [0.4, 0.5) is 13.2 Å². The third kappa shape index (κ3) is 10.4. The minimum atomic E-state index is -4.47. The molecule has 0 saturated heterocycles. The molecule has 8 heteroatoms. The lowest BCUT2D eigenvalue weighted by Crippen LogP contribution is -2.38. The largest absolute Gasteiger partial charge is 0.456 e. The number of nitrogens with zero attached hydrogens (tertiary/aromatic N) is 1. The van der Waals surface area contributed by atoms with E-state index in [0.29, 0.717) is 5.75 Å². The van der Waals surface area contributed by atoms with Gasteiger partial charge in [-0.25, -0.2) is 0 Å². The number of ether oxygens (including phenoxy) is 1. The number of thioether (sulfide) groups is 1. The summed E-state index contributed by atoms with van der Waals surface area (Å²) in [6.07, 6.45) is 4.48. The number of halogens is 4. The molecular weight excluding hydrogens is 519 g/mol. The first kappa shape index (κ1) is 31.4. The summed E-state index contributed by atoms with van der Waals surface area (Å²) >= 11 is 7.54. The third-order valence-corrected chi connectivity index (χ3v) is 7.72. The van der Waals surface area contributed by atoms with Gasteiger partial charge in [0.1, 0.15) is 11.5 Å². The topological polar surface area (TPSA) is 29.5 Å². The fourth-order valence-corrected chi connectivity index (χ4v) is 5.23. The predicted molar refractivity (Wildman–Crippen MR) is 148 cm³/mol. The summed E-state index contributed by atoms with van der Waals surface area (Å²) in [5, 5.41) is -0.393. The van der Waals surface area contributed by atoms with Crippen LogP contribution in [0.1, 0.15) is 83.3 Å². The van der Waals surface area contributed by atoms with E-state index in [2.05, 4.69) is 13.8 Å². The SMILES string of the molecule is CCCCCCN(CCCCCC)C(=O)C(C)Sc1cc(Oc2ccc(C(F)(F)F)cc2Cl)ccc1C. The average Bonchev–Trinajstić information content (AvgIpc) is 2.85. The number of carbonyl (C=O) groups excluding carboxylic acids is 1. The average molecular weight is 558 g/mol. The van der Waals surface area contributed by atoms with Gasteiger partial charge < -0.3 is 9.64 Å². The highest BCUT2D eigenvalue weighted by Gasteiger charge is 2.31. The number of carbonyl (C=O) groups is 1. The molecule has 1 atom stereocenters. The van der Waals surface area contributed by atoms with Crippen molar-refractivity contribution in [2.75, 3.05) is 13.1 Å². The zero-order valence-electron chi connectivity index (χ0n) is 22.3. The Kier molecular flexibility index (Phi) is 13.2. The monoisotopic (exact) mass is 557 g/mol. The zero-order valence-corrected chi connectivity index (χ0v) is 23.9. The normalized spacial score (nSPS) is 12.4. The lowest BCUT2D eigenvalue weighted by molar-refractivity contribution is -0.137. The van der Waals surface area contributed by atoms with Crippen molar-refractivity contribution in [3.63, 3.8) is 0 Å². The molecule has 0 N–H and O–H groups in total. The number of alkyl halides is 3. The zero-order chi connectivity index (χ0) is 27.4. The van der Waals surface area contributed by atoms with Crippen LogP contribution >= 0.6 is 23.4 Å². The van der Waals surface area contributed by atoms with Crippen LogP contribution < -0.4 is 4.74 Å². The molecule has 206 valence electrons. The fraction of sp³-hybridized carbons (Fsp3) is 0.552. The van der Waals surface area contributed by atoms with E-state index < -0.39 is 11.7 Å². The van der Waals surface area contributed by atoms with Crippen LogP contribution in [0.3, 0.4) is 0 Å². The first-order chi connectivity index (χ1) is 17.6. The highest BCUT2D eigenvalue weighted by Crippen LogP contribution is 2.38. The van der Waals surface area contributed by atoms with Gasteiger partial charge in [0.15, 0.2) is 0 Å². The summed E-state index contributed by atoms with van der Waals surface area (Å²) < 4.78 is 44.6. The lowest BCUT2D eigenvalue weighted by atomic mass is 10.1. The Hall–Kier alpha value is -1.86. The highest BCUT2D eigenvalue weighted by molar-refractivity contribution is 8.00. The number of unbranched alkanes of at least 4 members (excludes halogenated alkanes) is 6. The molecule has 0 spiro atoms. The van der Waals surface area contributed by atoms with Gasteiger partial charge in [0.25, 0.3) is 0 Å². The van der Waals surface area contributed by atoms with Crippen molar-refractivity contribution in [2.45, 2.75) is 95.4 Å². The molecule has 0 saturated carbocycles. The van der Waals surface area contributed by atoms with Crippen LogP contribution in [0, 0.1) is 6.92 Å². The lowest BCUT2D eigenvalue weighted by Gasteiger charge is -2.26. The molecule has 0 aliphatic carbocycles. The maximum atomic E-state index is 13.4. The van der Waals surface area contributed by atoms with Crippen molar-refractivity contribution < 1.29 is 22.7 Å². The van der Waals surface area contributed by atoms with Gasteiger partial charge >= 0.3 is 6.18 Å². The Balaban J connectivity index is 2.10. The van der Waals surface area contributed by atoms with Gasteiger partial charge in [-0.3, -0.25) is 4.79 Å². The highest BCUT2D eigenvalue weighted by atomic mass is 35.5. The van der Waals surface area contributed by atoms with Crippen LogP contribution in [0.25, 0.3) is 0 Å². The molecular formula is C29H39ClF3NO2S. The number of hydrogen-bond donors (Lipinski definition) is 0. The van der Waals surface area contributed by atoms with Gasteiger partial charge in [-0.2, -0.15) is 13.2 Å². The first-order valence-electron chi connectivity index (χ1n) is 13.2. The Labute approximate surface area is 229 Å². The Morgan fingerprint density at radius 2 is 1.59 bits per heavy atom. The molecule has 2 aromatic rings. The summed E-state index contributed by atoms with van der Waals surface area (Å²) in [5.41, 5.74) is 0.166. The third-order valence-electron chi connectivity index (χ3n) is 6.17. The summed E-state index contributed by atoms with van der Waals surface area (Å²) in [7, 11) is 0. The molecule has 0 fully saturated rings. The van der Waals surface area contributed by atoms with Gasteiger partial charge in [0.05, 0.1) is 15.8 Å². The van der Waals surface area contributed by atoms with Crippen molar-refractivity contribution in [3.05, 3.63) is 52.5 Å². The van der Waals surface area contributed by atoms with Gasteiger partial charge in [-0.05, 0) is 62.6 Å². The van der Waals surface area contributed by atoms with E-state index in [0.717, 1.165) is 74.2 Å². The van der Waals surface area contributed by atoms with E-state index in [1.165, 1.54) is 30.7 Å². The number of benzene rings is 2. The second kappa shape index (κ2) is 15.5. The van der Waals surface area contributed by atoms with Crippen LogP contribution in [0.15, 0.2) is 41.3 Å². The molecule has 3 nitrogen and oxygen atoms in total. The number of hydrogen-bond acceptors (Lipinski definition) is 3. The molecule has 2 aromatic carbocycles. The van der Waals surface area contributed by atoms with E-state index in [-0.39, 0.29) is 21.9 Å². The summed E-state index contributed by atoms with van der Waals surface area (Å²) in [6.45, 7) is 9.81. The Morgan fingerprint density at radius 3 is 2.14 bits per heavy atom. The van der Waals surface area contributed by atoms with Crippen molar-refractivity contribution in [1.82, 2.24) is 4.90 Å². The summed E-state index contributed by atoms with van der Waals surface area (Å²) in [5.74, 6) is 0.726. The quantitative estimate of drug-likeness (QED) is 0.161. The minimum absolute atomic E-state index is 0.116. The van der Waals surface area contributed by atoms with Crippen molar-refractivity contribution in [2.24, 2.45) is 0 Å². The second-order valence-corrected chi connectivity index (χ2v) is 11.2. The van der Waals surface area contributed by atoms with E-state index in [4.69, 9.17) is 16.3 Å². The second-order valence-electron chi connectivity index (χ2n) is 9.38. The molecule has 0 aliphatic rings. The molecule has 0 aromatic heterocycles. The van der Waals surface area contributed by atoms with Crippen molar-refractivity contribution >= 4 is 29.3 Å². The van der Waals surface area contributed by atoms with E-state index >= 15 is 0 Å². The fourth-order valence-electron chi connectivity index (χ4n) is 3.95. The van der Waals surface area contributed by atoms with Gasteiger partial charge in [-0.15, -0.1) is 11.8 Å². The molecule has 0 radical (unpaired) electrons. The molecule has 37 heavy (non-hydrogen) atoms. The van der Waals surface area contributed by atoms with E-state index in [1.54, 1.807) is 6.07 Å². The van der Waals surface area contributed by atoms with Crippen molar-refractivity contribution in [3.8, 4) is 11.5 Å². The minimum Gasteiger partial charge on any atom is -0.456 e. The number of amides is 1. The standard InChI is InChI=1S/C29H39ClF3NO2S/c1-5-7-9-11-17-34(18-12-10-8-6-2)28(35)22(4)37-27-20-24(15-13-21(27)3)36-26-16-14-23(19-25(26)30)29(31,32)33/h13-16,19-20,22H,5-12,17-18H2,1-4H3. The van der Waals surface area contributed by atoms with E-state index in [1.807, 2.05) is 30.9 Å². The smallest absolute Gasteiger partial charge is 0.416 e. The maximum absolute atomic E-state index is 13.4. The molecule has 0 aliphatic heterocycles. The van der Waals surface area contributed by atoms with Gasteiger partial charge in [0.2, 0.25) is 5.91 Å². The Bertz CT molecular complexity index is 988. The molecule has 0 heterocycles. The van der Waals surface area contributed by atoms with Crippen LogP contribution in [0.2, 0.25) is 5.02 Å².